The van der Waals surface area contributed by atoms with Gasteiger partial charge in [0.15, 0.2) is 6.04 Å². The Balaban J connectivity index is 2.20. The summed E-state index contributed by atoms with van der Waals surface area (Å²) in [5.41, 5.74) is -0.00130. The van der Waals surface area contributed by atoms with E-state index in [1.54, 1.807) is 0 Å². The number of hydrogen-bond donors (Lipinski definition) is 2. The molecule has 0 amide bonds. The molecule has 8 heteroatoms. The number of nitrogens with zero attached hydrogens (tertiary/aromatic N) is 2. The number of methoxy groups -OCH3 is 2. The van der Waals surface area contributed by atoms with E-state index in [4.69, 9.17) is 14.2 Å². The molecule has 0 fully saturated rings. The van der Waals surface area contributed by atoms with E-state index in [0.717, 1.165) is 0 Å². The molecular formula is C23H25N3O5. The summed E-state index contributed by atoms with van der Waals surface area (Å²) in [5, 5.41) is 13.3. The fourth-order valence-corrected chi connectivity index (χ4v) is 3.49. The Kier molecular flexibility index (Phi) is 7.04. The summed E-state index contributed by atoms with van der Waals surface area (Å²) in [6.45, 7) is 2.10. The van der Waals surface area contributed by atoms with Crippen LogP contribution in [0.3, 0.4) is 0 Å². The topological polar surface area (TPSA) is 103 Å². The van der Waals surface area contributed by atoms with Gasteiger partial charge in [-0.25, -0.2) is 4.79 Å². The van der Waals surface area contributed by atoms with Crippen LogP contribution in [-0.4, -0.2) is 47.9 Å². The van der Waals surface area contributed by atoms with Gasteiger partial charge < -0.3 is 24.6 Å². The van der Waals surface area contributed by atoms with Crippen molar-refractivity contribution in [2.45, 2.75) is 18.6 Å². The first-order valence-electron chi connectivity index (χ1n) is 9.76. The van der Waals surface area contributed by atoms with Gasteiger partial charge >= 0.3 is 5.97 Å². The van der Waals surface area contributed by atoms with Crippen molar-refractivity contribution in [3.8, 4) is 11.8 Å². The van der Waals surface area contributed by atoms with Crippen molar-refractivity contribution >= 4 is 11.9 Å². The van der Waals surface area contributed by atoms with Gasteiger partial charge in [-0.1, -0.05) is 60.7 Å². The van der Waals surface area contributed by atoms with Crippen molar-refractivity contribution in [1.82, 2.24) is 9.97 Å². The average Bonchev–Trinajstić information content (AvgIpc) is 2.82. The summed E-state index contributed by atoms with van der Waals surface area (Å²) in [6, 6.07) is 18.7. The van der Waals surface area contributed by atoms with Crippen molar-refractivity contribution in [2.24, 2.45) is 0 Å². The summed E-state index contributed by atoms with van der Waals surface area (Å²) in [4.78, 5) is 21.1. The van der Waals surface area contributed by atoms with E-state index in [-0.39, 0.29) is 24.3 Å². The number of carbonyl (C=O) groups is 1. The third kappa shape index (κ3) is 4.59. The third-order valence-corrected chi connectivity index (χ3v) is 4.80. The highest BCUT2D eigenvalue weighted by atomic mass is 16.5. The molecule has 1 atom stereocenters. The molecule has 2 aromatic carbocycles. The number of ether oxygens (including phenoxy) is 3. The number of carboxylic acid groups (broad SMARTS) is 1. The van der Waals surface area contributed by atoms with E-state index in [1.165, 1.54) is 20.3 Å². The molecule has 0 bridgehead atoms. The summed E-state index contributed by atoms with van der Waals surface area (Å²) in [6.07, 6.45) is 0. The molecule has 0 radical (unpaired) electrons. The van der Waals surface area contributed by atoms with Gasteiger partial charge in [-0.2, -0.15) is 9.97 Å². The maximum Gasteiger partial charge on any atom is 0.330 e. The molecule has 2 N–H and O–H groups in total. The van der Waals surface area contributed by atoms with Gasteiger partial charge in [0.25, 0.3) is 0 Å². The number of benzene rings is 2. The van der Waals surface area contributed by atoms with E-state index in [0.29, 0.717) is 11.1 Å². The van der Waals surface area contributed by atoms with Crippen molar-refractivity contribution in [3.05, 3.63) is 77.9 Å². The second-order valence-electron chi connectivity index (χ2n) is 6.59. The van der Waals surface area contributed by atoms with Crippen molar-refractivity contribution in [2.75, 3.05) is 26.1 Å². The molecule has 0 spiro atoms. The lowest BCUT2D eigenvalue weighted by Crippen LogP contribution is -2.52. The molecule has 1 unspecified atom stereocenters. The molecular weight excluding hydrogens is 398 g/mol. The molecule has 31 heavy (non-hydrogen) atoms. The highest BCUT2D eigenvalue weighted by Gasteiger charge is 2.48. The Morgan fingerprint density at radius 2 is 1.45 bits per heavy atom. The van der Waals surface area contributed by atoms with Gasteiger partial charge in [-0.05, 0) is 18.1 Å². The minimum absolute atomic E-state index is 0.0412. The summed E-state index contributed by atoms with van der Waals surface area (Å²) >= 11 is 0. The molecule has 0 aliphatic rings. The number of aliphatic carboxylic acids is 1. The zero-order chi connectivity index (χ0) is 22.3. The Hall–Kier alpha value is -3.65. The highest BCUT2D eigenvalue weighted by Crippen LogP contribution is 2.39. The van der Waals surface area contributed by atoms with Crippen LogP contribution in [0, 0.1) is 0 Å². The lowest BCUT2D eigenvalue weighted by Gasteiger charge is -2.39. The molecule has 8 nitrogen and oxygen atoms in total. The molecule has 3 rings (SSSR count). The Morgan fingerprint density at radius 1 is 0.968 bits per heavy atom. The quantitative estimate of drug-likeness (QED) is 0.512. The third-order valence-electron chi connectivity index (χ3n) is 4.80. The number of carboxylic acids is 1. The van der Waals surface area contributed by atoms with Crippen LogP contribution >= 0.6 is 0 Å². The normalized spacial score (nSPS) is 12.1. The number of rotatable bonds is 10. The molecule has 3 aromatic rings. The summed E-state index contributed by atoms with van der Waals surface area (Å²) < 4.78 is 16.6. The van der Waals surface area contributed by atoms with E-state index >= 15 is 0 Å². The fraction of sp³-hybridized carbons (Fsp3) is 0.261. The zero-order valence-electron chi connectivity index (χ0n) is 17.6. The fourth-order valence-electron chi connectivity index (χ4n) is 3.49. The molecule has 162 valence electrons. The van der Waals surface area contributed by atoms with E-state index in [9.17, 15) is 9.90 Å². The van der Waals surface area contributed by atoms with Crippen LogP contribution in [0.5, 0.6) is 11.8 Å². The van der Waals surface area contributed by atoms with Crippen molar-refractivity contribution in [3.63, 3.8) is 0 Å². The van der Waals surface area contributed by atoms with Crippen LogP contribution in [0.15, 0.2) is 66.7 Å². The maximum atomic E-state index is 12.6. The molecule has 0 aliphatic carbocycles. The monoisotopic (exact) mass is 423 g/mol. The van der Waals surface area contributed by atoms with Gasteiger partial charge in [0.1, 0.15) is 5.60 Å². The molecule has 0 saturated heterocycles. The van der Waals surface area contributed by atoms with E-state index < -0.39 is 17.6 Å². The smallest absolute Gasteiger partial charge is 0.330 e. The Labute approximate surface area is 180 Å². The van der Waals surface area contributed by atoms with Crippen LogP contribution in [0.1, 0.15) is 18.1 Å². The van der Waals surface area contributed by atoms with Gasteiger partial charge in [-0.3, -0.25) is 0 Å². The summed E-state index contributed by atoms with van der Waals surface area (Å²) in [7, 11) is 2.91. The second kappa shape index (κ2) is 9.90. The molecule has 1 aromatic heterocycles. The van der Waals surface area contributed by atoms with Crippen molar-refractivity contribution < 1.29 is 24.1 Å². The predicted molar refractivity (Wildman–Crippen MR) is 115 cm³/mol. The Morgan fingerprint density at radius 3 is 1.84 bits per heavy atom. The standard InChI is InChI=1S/C23H25N3O5/c1-4-31-23(16-11-7-5-8-12-16,17-13-9-6-10-14-17)20(21(27)28)26-22-24-18(29-2)15-19(25-22)30-3/h5-15,20H,4H2,1-3H3,(H,27,28)(H,24,25,26). The second-order valence-corrected chi connectivity index (χ2v) is 6.59. The summed E-state index contributed by atoms with van der Waals surface area (Å²) in [5.74, 6) is -0.620. The van der Waals surface area contributed by atoms with Crippen LogP contribution in [-0.2, 0) is 15.1 Å². The van der Waals surface area contributed by atoms with E-state index in [1.807, 2.05) is 67.6 Å². The van der Waals surface area contributed by atoms with Gasteiger partial charge in [0, 0.05) is 6.61 Å². The van der Waals surface area contributed by atoms with Crippen molar-refractivity contribution in [1.29, 1.82) is 0 Å². The first-order chi connectivity index (χ1) is 15.0. The lowest BCUT2D eigenvalue weighted by atomic mass is 9.79. The highest BCUT2D eigenvalue weighted by molar-refractivity contribution is 5.80. The molecule has 0 saturated carbocycles. The zero-order valence-corrected chi connectivity index (χ0v) is 17.6. The minimum Gasteiger partial charge on any atom is -0.481 e. The number of hydrogen-bond acceptors (Lipinski definition) is 7. The van der Waals surface area contributed by atoms with Crippen LogP contribution in [0.2, 0.25) is 0 Å². The molecule has 1 heterocycles. The number of anilines is 1. The Bertz CT molecular complexity index is 937. The SMILES string of the molecule is CCOC(c1ccccc1)(c1ccccc1)C(Nc1nc(OC)cc(OC)n1)C(=O)O. The average molecular weight is 423 g/mol. The maximum absolute atomic E-state index is 12.6. The van der Waals surface area contributed by atoms with Crippen LogP contribution < -0.4 is 14.8 Å². The van der Waals surface area contributed by atoms with E-state index in [2.05, 4.69) is 15.3 Å². The first kappa shape index (κ1) is 22.0. The van der Waals surface area contributed by atoms with Gasteiger partial charge in [0.2, 0.25) is 17.7 Å². The lowest BCUT2D eigenvalue weighted by molar-refractivity contribution is -0.145. The molecule has 0 aliphatic heterocycles. The van der Waals surface area contributed by atoms with Gasteiger partial charge in [0.05, 0.1) is 20.3 Å². The largest absolute Gasteiger partial charge is 0.481 e. The van der Waals surface area contributed by atoms with Crippen LogP contribution in [0.25, 0.3) is 0 Å². The predicted octanol–water partition coefficient (Wildman–Crippen LogP) is 3.34. The number of nitrogens with one attached hydrogen (secondary N) is 1. The first-order valence-corrected chi connectivity index (χ1v) is 9.76. The van der Waals surface area contributed by atoms with Crippen LogP contribution in [0.4, 0.5) is 5.95 Å². The number of aromatic nitrogens is 2. The van der Waals surface area contributed by atoms with Gasteiger partial charge in [-0.15, -0.1) is 0 Å². The minimum atomic E-state index is -1.36.